The van der Waals surface area contributed by atoms with Gasteiger partial charge >= 0.3 is 11.9 Å². The summed E-state index contributed by atoms with van der Waals surface area (Å²) in [5.41, 5.74) is 0.849. The molecule has 1 aromatic rings. The average molecular weight is 296 g/mol. The van der Waals surface area contributed by atoms with Crippen molar-refractivity contribution in [3.8, 4) is 0 Å². The van der Waals surface area contributed by atoms with Gasteiger partial charge in [-0.3, -0.25) is 0 Å². The molecule has 1 heterocycles. The lowest BCUT2D eigenvalue weighted by atomic mass is 10.2. The van der Waals surface area contributed by atoms with E-state index in [4.69, 9.17) is 0 Å². The van der Waals surface area contributed by atoms with Crippen LogP contribution in [0.1, 0.15) is 11.9 Å². The topological polar surface area (TPSA) is 77.5 Å². The van der Waals surface area contributed by atoms with E-state index in [2.05, 4.69) is 19.8 Å². The Morgan fingerprint density at radius 1 is 1.35 bits per heavy atom. The van der Waals surface area contributed by atoms with E-state index < -0.39 is 11.9 Å². The Morgan fingerprint density at radius 3 is 2.65 bits per heavy atom. The van der Waals surface area contributed by atoms with Crippen molar-refractivity contribution in [2.75, 3.05) is 14.2 Å². The Hall–Kier alpha value is -2.15. The van der Waals surface area contributed by atoms with Gasteiger partial charge in [-0.2, -0.15) is 0 Å². The van der Waals surface area contributed by atoms with Crippen LogP contribution >= 0.6 is 11.3 Å². The summed E-state index contributed by atoms with van der Waals surface area (Å²) in [6.45, 7) is 2.22. The Morgan fingerprint density at radius 2 is 2.10 bits per heavy atom. The van der Waals surface area contributed by atoms with Crippen molar-refractivity contribution >= 4 is 23.3 Å². The fraction of sp³-hybridized carbons (Fsp3) is 0.308. The molecule has 0 fully saturated rings. The molecule has 1 aromatic heterocycles. The van der Waals surface area contributed by atoms with Crippen LogP contribution in [0.4, 0.5) is 0 Å². The molecule has 0 aliphatic rings. The molecular weight excluding hydrogens is 280 g/mol. The van der Waals surface area contributed by atoms with Gasteiger partial charge in [-0.05, 0) is 13.0 Å². The number of methoxy groups -OCH3 is 2. The first-order valence-electron chi connectivity index (χ1n) is 5.76. The van der Waals surface area contributed by atoms with E-state index in [1.54, 1.807) is 13.1 Å². The minimum absolute atomic E-state index is 0.259. The summed E-state index contributed by atoms with van der Waals surface area (Å²) >= 11 is 1.51. The minimum Gasteiger partial charge on any atom is -0.466 e. The maximum Gasteiger partial charge on any atom is 0.339 e. The third-order valence-electron chi connectivity index (χ3n) is 2.38. The first kappa shape index (κ1) is 15.9. The molecule has 0 unspecified atom stereocenters. The number of nitrogens with one attached hydrogen (secondary N) is 1. The maximum absolute atomic E-state index is 11.7. The SMILES string of the molecule is COC(=O)C=CC(C(=O)OC)=C(C)NCc1nccs1. The summed E-state index contributed by atoms with van der Waals surface area (Å²) in [7, 11) is 2.55. The smallest absolute Gasteiger partial charge is 0.339 e. The molecule has 0 aromatic carbocycles. The zero-order valence-corrected chi connectivity index (χ0v) is 12.3. The first-order chi connectivity index (χ1) is 9.58. The molecule has 0 aliphatic heterocycles. The van der Waals surface area contributed by atoms with Gasteiger partial charge in [-0.15, -0.1) is 11.3 Å². The predicted octanol–water partition coefficient (Wildman–Crippen LogP) is 1.41. The highest BCUT2D eigenvalue weighted by atomic mass is 32.1. The molecule has 20 heavy (non-hydrogen) atoms. The predicted molar refractivity (Wildman–Crippen MR) is 74.8 cm³/mol. The van der Waals surface area contributed by atoms with Crippen LogP contribution in [0.3, 0.4) is 0 Å². The molecule has 7 heteroatoms. The number of hydrogen-bond donors (Lipinski definition) is 1. The highest BCUT2D eigenvalue weighted by Crippen LogP contribution is 2.09. The van der Waals surface area contributed by atoms with Crippen LogP contribution in [0.2, 0.25) is 0 Å². The lowest BCUT2D eigenvalue weighted by Crippen LogP contribution is -2.16. The normalized spacial score (nSPS) is 11.9. The average Bonchev–Trinajstić information content (AvgIpc) is 2.97. The molecule has 1 rings (SSSR count). The molecule has 0 radical (unpaired) electrons. The summed E-state index contributed by atoms with van der Waals surface area (Å²) in [6.07, 6.45) is 4.24. The molecule has 0 saturated heterocycles. The maximum atomic E-state index is 11.7. The fourth-order valence-corrected chi connectivity index (χ4v) is 1.88. The van der Waals surface area contributed by atoms with Crippen LogP contribution in [-0.2, 0) is 25.6 Å². The van der Waals surface area contributed by atoms with Crippen molar-refractivity contribution in [2.24, 2.45) is 0 Å². The number of nitrogens with zero attached hydrogens (tertiary/aromatic N) is 1. The van der Waals surface area contributed by atoms with Gasteiger partial charge in [-0.1, -0.05) is 0 Å². The van der Waals surface area contributed by atoms with Crippen molar-refractivity contribution in [1.82, 2.24) is 10.3 Å². The highest BCUT2D eigenvalue weighted by molar-refractivity contribution is 7.09. The van der Waals surface area contributed by atoms with Crippen molar-refractivity contribution in [2.45, 2.75) is 13.5 Å². The number of carbonyl (C=O) groups excluding carboxylic acids is 2. The zero-order valence-electron chi connectivity index (χ0n) is 11.5. The Labute approximate surface area is 121 Å². The van der Waals surface area contributed by atoms with Crippen molar-refractivity contribution < 1.29 is 19.1 Å². The van der Waals surface area contributed by atoms with Gasteiger partial charge in [0.2, 0.25) is 0 Å². The lowest BCUT2D eigenvalue weighted by Gasteiger charge is -2.08. The number of ether oxygens (including phenoxy) is 2. The first-order valence-corrected chi connectivity index (χ1v) is 6.64. The van der Waals surface area contributed by atoms with E-state index in [1.807, 2.05) is 5.38 Å². The lowest BCUT2D eigenvalue weighted by molar-refractivity contribution is -0.135. The van der Waals surface area contributed by atoms with Crippen molar-refractivity contribution in [3.05, 3.63) is 40.0 Å². The van der Waals surface area contributed by atoms with E-state index in [1.165, 1.54) is 37.7 Å². The van der Waals surface area contributed by atoms with E-state index in [9.17, 15) is 9.59 Å². The quantitative estimate of drug-likeness (QED) is 0.486. The number of allylic oxidation sites excluding steroid dienone is 1. The van der Waals surface area contributed by atoms with E-state index >= 15 is 0 Å². The second-order valence-electron chi connectivity index (χ2n) is 3.67. The Bertz CT molecular complexity index is 520. The molecule has 0 saturated carbocycles. The van der Waals surface area contributed by atoms with E-state index in [-0.39, 0.29) is 5.57 Å². The minimum atomic E-state index is -0.542. The molecule has 0 bridgehead atoms. The molecule has 0 spiro atoms. The summed E-state index contributed by atoms with van der Waals surface area (Å²) in [5.74, 6) is -1.08. The number of hydrogen-bond acceptors (Lipinski definition) is 7. The summed E-state index contributed by atoms with van der Waals surface area (Å²) in [5, 5.41) is 5.83. The van der Waals surface area contributed by atoms with E-state index in [0.29, 0.717) is 12.2 Å². The fourth-order valence-electron chi connectivity index (χ4n) is 1.32. The van der Waals surface area contributed by atoms with E-state index in [0.717, 1.165) is 5.01 Å². The van der Waals surface area contributed by atoms with Gasteiger partial charge in [0.25, 0.3) is 0 Å². The molecular formula is C13H16N2O4S. The number of aromatic nitrogens is 1. The molecule has 1 N–H and O–H groups in total. The Kier molecular flexibility index (Phi) is 6.45. The molecule has 0 aliphatic carbocycles. The second-order valence-corrected chi connectivity index (χ2v) is 4.65. The third kappa shape index (κ3) is 4.85. The monoisotopic (exact) mass is 296 g/mol. The third-order valence-corrected chi connectivity index (χ3v) is 3.16. The number of carbonyl (C=O) groups is 2. The van der Waals surface area contributed by atoms with Crippen LogP contribution in [-0.4, -0.2) is 31.1 Å². The summed E-state index contributed by atoms with van der Waals surface area (Å²) in [6, 6.07) is 0. The summed E-state index contributed by atoms with van der Waals surface area (Å²) in [4.78, 5) is 26.9. The second kappa shape index (κ2) is 8.11. The summed E-state index contributed by atoms with van der Waals surface area (Å²) < 4.78 is 9.17. The van der Waals surface area contributed by atoms with Crippen LogP contribution in [0.25, 0.3) is 0 Å². The number of esters is 2. The zero-order chi connectivity index (χ0) is 15.0. The van der Waals surface area contributed by atoms with Gasteiger partial charge in [-0.25, -0.2) is 14.6 Å². The van der Waals surface area contributed by atoms with Gasteiger partial charge in [0, 0.05) is 23.3 Å². The van der Waals surface area contributed by atoms with Crippen LogP contribution in [0, 0.1) is 0 Å². The van der Waals surface area contributed by atoms with Crippen LogP contribution in [0.15, 0.2) is 35.0 Å². The highest BCUT2D eigenvalue weighted by Gasteiger charge is 2.11. The van der Waals surface area contributed by atoms with Gasteiger partial charge in [0.1, 0.15) is 5.01 Å². The standard InChI is InChI=1S/C13H16N2O4S/c1-9(15-8-11-14-6-7-20-11)10(13(17)19-3)4-5-12(16)18-2/h4-7,15H,8H2,1-3H3. The molecule has 6 nitrogen and oxygen atoms in total. The number of thiazole rings is 1. The molecule has 0 atom stereocenters. The van der Waals surface area contributed by atoms with Crippen LogP contribution < -0.4 is 5.32 Å². The van der Waals surface area contributed by atoms with Gasteiger partial charge < -0.3 is 14.8 Å². The van der Waals surface area contributed by atoms with Crippen molar-refractivity contribution in [1.29, 1.82) is 0 Å². The van der Waals surface area contributed by atoms with Gasteiger partial charge in [0.05, 0.1) is 26.3 Å². The largest absolute Gasteiger partial charge is 0.466 e. The van der Waals surface area contributed by atoms with Crippen LogP contribution in [0.5, 0.6) is 0 Å². The van der Waals surface area contributed by atoms with Crippen molar-refractivity contribution in [3.63, 3.8) is 0 Å². The molecule has 108 valence electrons. The number of rotatable bonds is 6. The van der Waals surface area contributed by atoms with Gasteiger partial charge in [0.15, 0.2) is 0 Å². The Balaban J connectivity index is 2.83. The molecule has 0 amide bonds.